The van der Waals surface area contributed by atoms with Crippen molar-refractivity contribution < 1.29 is 4.90 Å². The Morgan fingerprint density at radius 1 is 1.40 bits per heavy atom. The van der Waals surface area contributed by atoms with Gasteiger partial charge in [0.1, 0.15) is 0 Å². The fourth-order valence-corrected chi connectivity index (χ4v) is 3.03. The number of halogens is 1. The van der Waals surface area contributed by atoms with Crippen molar-refractivity contribution in [3.63, 3.8) is 0 Å². The molecule has 1 saturated heterocycles. The molecule has 0 aliphatic carbocycles. The van der Waals surface area contributed by atoms with Crippen LogP contribution in [0.3, 0.4) is 0 Å². The lowest BCUT2D eigenvalue weighted by Crippen LogP contribution is -3.14. The molecule has 1 fully saturated rings. The molecule has 0 spiro atoms. The van der Waals surface area contributed by atoms with E-state index >= 15 is 0 Å². The van der Waals surface area contributed by atoms with Crippen molar-refractivity contribution in [3.8, 4) is 0 Å². The summed E-state index contributed by atoms with van der Waals surface area (Å²) in [6.45, 7) is 9.92. The van der Waals surface area contributed by atoms with Crippen molar-refractivity contribution in [3.05, 3.63) is 28.8 Å². The van der Waals surface area contributed by atoms with Gasteiger partial charge in [-0.15, -0.1) is 0 Å². The van der Waals surface area contributed by atoms with Crippen LogP contribution in [-0.4, -0.2) is 42.7 Å². The lowest BCUT2D eigenvalue weighted by molar-refractivity contribution is -0.903. The van der Waals surface area contributed by atoms with E-state index < -0.39 is 0 Å². The number of benzene rings is 1. The summed E-state index contributed by atoms with van der Waals surface area (Å²) in [5, 5.41) is 4.92. The smallest absolute Gasteiger partial charge is 0.173 e. The largest absolute Gasteiger partial charge is 0.338 e. The number of hydrogen-bond donors (Lipinski definition) is 2. The third-order valence-electron chi connectivity index (χ3n) is 3.87. The second-order valence-corrected chi connectivity index (χ2v) is 6.12. The highest BCUT2D eigenvalue weighted by molar-refractivity contribution is 7.80. The van der Waals surface area contributed by atoms with Crippen molar-refractivity contribution in [2.45, 2.75) is 20.3 Å². The van der Waals surface area contributed by atoms with Gasteiger partial charge in [0.15, 0.2) is 5.11 Å². The molecule has 1 aliphatic heterocycles. The molecule has 5 heteroatoms. The molecule has 1 heterocycles. The highest BCUT2D eigenvalue weighted by Gasteiger charge is 2.21. The lowest BCUT2D eigenvalue weighted by Gasteiger charge is -2.33. The zero-order chi connectivity index (χ0) is 14.5. The van der Waals surface area contributed by atoms with Crippen LogP contribution in [0.25, 0.3) is 0 Å². The van der Waals surface area contributed by atoms with Crippen LogP contribution in [0, 0.1) is 6.92 Å². The summed E-state index contributed by atoms with van der Waals surface area (Å²) in [5.74, 6) is 0. The minimum atomic E-state index is 0.773. The van der Waals surface area contributed by atoms with Gasteiger partial charge in [-0.05, 0) is 43.3 Å². The van der Waals surface area contributed by atoms with Gasteiger partial charge >= 0.3 is 0 Å². The number of anilines is 1. The third-order valence-corrected chi connectivity index (χ3v) is 4.64. The number of piperazine rings is 1. The molecule has 1 aromatic rings. The molecule has 2 rings (SSSR count). The van der Waals surface area contributed by atoms with Crippen LogP contribution in [0.4, 0.5) is 5.69 Å². The molecule has 20 heavy (non-hydrogen) atoms. The maximum Gasteiger partial charge on any atom is 0.173 e. The SMILES string of the molecule is CCC[NH+]1CCN(C(=S)Nc2cccc(Cl)c2C)CC1. The molecule has 0 radical (unpaired) electrons. The van der Waals surface area contributed by atoms with Gasteiger partial charge in [-0.2, -0.15) is 0 Å². The Labute approximate surface area is 131 Å². The van der Waals surface area contributed by atoms with Crippen molar-refractivity contribution >= 4 is 34.6 Å². The summed E-state index contributed by atoms with van der Waals surface area (Å²) >= 11 is 11.7. The number of rotatable bonds is 3. The Kier molecular flexibility index (Phi) is 5.64. The minimum absolute atomic E-state index is 0.773. The van der Waals surface area contributed by atoms with E-state index in [4.69, 9.17) is 23.8 Å². The van der Waals surface area contributed by atoms with Gasteiger partial charge < -0.3 is 15.1 Å². The van der Waals surface area contributed by atoms with E-state index in [1.165, 1.54) is 26.1 Å². The fraction of sp³-hybridized carbons (Fsp3) is 0.533. The number of nitrogens with zero attached hydrogens (tertiary/aromatic N) is 1. The summed E-state index contributed by atoms with van der Waals surface area (Å²) in [6, 6.07) is 5.87. The van der Waals surface area contributed by atoms with Gasteiger partial charge in [0.05, 0.1) is 32.7 Å². The van der Waals surface area contributed by atoms with Gasteiger partial charge in [-0.3, -0.25) is 0 Å². The van der Waals surface area contributed by atoms with E-state index in [0.717, 1.165) is 34.5 Å². The summed E-state index contributed by atoms with van der Waals surface area (Å²) < 4.78 is 0. The predicted octanol–water partition coefficient (Wildman–Crippen LogP) is 1.96. The number of quaternary nitrogens is 1. The van der Waals surface area contributed by atoms with Crippen molar-refractivity contribution in [1.29, 1.82) is 0 Å². The maximum absolute atomic E-state index is 6.14. The van der Waals surface area contributed by atoms with E-state index in [-0.39, 0.29) is 0 Å². The van der Waals surface area contributed by atoms with Crippen LogP contribution >= 0.6 is 23.8 Å². The van der Waals surface area contributed by atoms with Crippen LogP contribution in [0.15, 0.2) is 18.2 Å². The van der Waals surface area contributed by atoms with Crippen LogP contribution in [0.5, 0.6) is 0 Å². The van der Waals surface area contributed by atoms with Gasteiger partial charge in [0.2, 0.25) is 0 Å². The van der Waals surface area contributed by atoms with E-state index in [1.807, 2.05) is 25.1 Å². The average Bonchev–Trinajstić information content (AvgIpc) is 2.45. The summed E-state index contributed by atoms with van der Waals surface area (Å²) in [6.07, 6.45) is 1.25. The second-order valence-electron chi connectivity index (χ2n) is 5.33. The molecule has 0 atom stereocenters. The average molecular weight is 313 g/mol. The second kappa shape index (κ2) is 7.25. The first kappa shape index (κ1) is 15.5. The minimum Gasteiger partial charge on any atom is -0.338 e. The summed E-state index contributed by atoms with van der Waals surface area (Å²) in [5.41, 5.74) is 2.05. The third kappa shape index (κ3) is 3.84. The predicted molar refractivity (Wildman–Crippen MR) is 89.8 cm³/mol. The summed E-state index contributed by atoms with van der Waals surface area (Å²) in [7, 11) is 0. The van der Waals surface area contributed by atoms with E-state index in [1.54, 1.807) is 4.90 Å². The normalized spacial score (nSPS) is 16.2. The quantitative estimate of drug-likeness (QED) is 0.833. The van der Waals surface area contributed by atoms with Crippen LogP contribution in [0.2, 0.25) is 5.02 Å². The first-order chi connectivity index (χ1) is 9.61. The molecule has 0 unspecified atom stereocenters. The highest BCUT2D eigenvalue weighted by atomic mass is 35.5. The Morgan fingerprint density at radius 3 is 2.75 bits per heavy atom. The molecular formula is C15H23ClN3S+. The Hall–Kier alpha value is -0.840. The first-order valence-electron chi connectivity index (χ1n) is 7.26. The Bertz CT molecular complexity index is 470. The topological polar surface area (TPSA) is 19.7 Å². The molecule has 0 bridgehead atoms. The van der Waals surface area contributed by atoms with Gasteiger partial charge in [0, 0.05) is 10.7 Å². The molecule has 110 valence electrons. The van der Waals surface area contributed by atoms with Gasteiger partial charge in [-0.25, -0.2) is 0 Å². The van der Waals surface area contributed by atoms with Crippen LogP contribution in [0.1, 0.15) is 18.9 Å². The van der Waals surface area contributed by atoms with E-state index in [2.05, 4.69) is 17.1 Å². The van der Waals surface area contributed by atoms with Crippen LogP contribution < -0.4 is 10.2 Å². The molecule has 3 nitrogen and oxygen atoms in total. The zero-order valence-corrected chi connectivity index (χ0v) is 13.8. The lowest BCUT2D eigenvalue weighted by atomic mass is 10.2. The number of nitrogens with one attached hydrogen (secondary N) is 2. The molecule has 1 aromatic carbocycles. The molecule has 0 saturated carbocycles. The molecule has 2 N–H and O–H groups in total. The number of thiocarbonyl (C=S) groups is 1. The van der Waals surface area contributed by atoms with Crippen molar-refractivity contribution in [2.24, 2.45) is 0 Å². The monoisotopic (exact) mass is 312 g/mol. The summed E-state index contributed by atoms with van der Waals surface area (Å²) in [4.78, 5) is 3.94. The maximum atomic E-state index is 6.14. The zero-order valence-electron chi connectivity index (χ0n) is 12.2. The first-order valence-corrected chi connectivity index (χ1v) is 8.05. The Morgan fingerprint density at radius 2 is 2.10 bits per heavy atom. The standard InChI is InChI=1S/C15H22ClN3S/c1-3-7-18-8-10-19(11-9-18)15(20)17-14-6-4-5-13(16)12(14)2/h4-6H,3,7-11H2,1-2H3,(H,17,20)/p+1. The fourth-order valence-electron chi connectivity index (χ4n) is 2.57. The molecular weight excluding hydrogens is 290 g/mol. The van der Waals surface area contributed by atoms with Crippen molar-refractivity contribution in [2.75, 3.05) is 38.0 Å². The van der Waals surface area contributed by atoms with Crippen LogP contribution in [-0.2, 0) is 0 Å². The van der Waals surface area contributed by atoms with E-state index in [9.17, 15) is 0 Å². The van der Waals surface area contributed by atoms with Gasteiger partial charge in [-0.1, -0.05) is 24.6 Å². The molecule has 0 amide bonds. The van der Waals surface area contributed by atoms with E-state index in [0.29, 0.717) is 0 Å². The molecule has 1 aliphatic rings. The Balaban J connectivity index is 1.91. The highest BCUT2D eigenvalue weighted by Crippen LogP contribution is 2.23. The van der Waals surface area contributed by atoms with Crippen molar-refractivity contribution in [1.82, 2.24) is 4.90 Å². The number of hydrogen-bond acceptors (Lipinski definition) is 1. The van der Waals surface area contributed by atoms with Gasteiger partial charge in [0.25, 0.3) is 0 Å². The molecule has 0 aromatic heterocycles.